The van der Waals surface area contributed by atoms with Gasteiger partial charge < -0.3 is 5.32 Å². The van der Waals surface area contributed by atoms with Gasteiger partial charge in [0, 0.05) is 11.7 Å². The lowest BCUT2D eigenvalue weighted by atomic mass is 9.95. The molecule has 1 amide bonds. The molecule has 2 rings (SSSR count). The fourth-order valence-electron chi connectivity index (χ4n) is 2.39. The molecule has 0 aromatic carbocycles. The highest BCUT2D eigenvalue weighted by molar-refractivity contribution is 5.96. The fourth-order valence-corrected chi connectivity index (χ4v) is 2.39. The second-order valence-electron chi connectivity index (χ2n) is 4.62. The molecule has 88 valence electrons. The normalized spacial score (nSPS) is 17.4. The maximum absolute atomic E-state index is 12.0. The molecule has 1 aromatic heterocycles. The van der Waals surface area contributed by atoms with Crippen LogP contribution in [-0.4, -0.2) is 22.1 Å². The Labute approximate surface area is 95.8 Å². The average molecular weight is 221 g/mol. The number of carbonyl (C=O) groups excluding carboxylic acids is 1. The van der Waals surface area contributed by atoms with Gasteiger partial charge in [0.25, 0.3) is 5.91 Å². The van der Waals surface area contributed by atoms with E-state index in [2.05, 4.69) is 15.5 Å². The molecule has 1 heterocycles. The Morgan fingerprint density at radius 2 is 2.00 bits per heavy atom. The molecule has 0 radical (unpaired) electrons. The predicted molar refractivity (Wildman–Crippen MR) is 62.4 cm³/mol. The summed E-state index contributed by atoms with van der Waals surface area (Å²) in [4.78, 5) is 12.0. The molecule has 0 aliphatic heterocycles. The van der Waals surface area contributed by atoms with Crippen molar-refractivity contribution >= 4 is 5.91 Å². The van der Waals surface area contributed by atoms with Crippen LogP contribution < -0.4 is 5.32 Å². The summed E-state index contributed by atoms with van der Waals surface area (Å²) in [7, 11) is 0. The van der Waals surface area contributed by atoms with Crippen molar-refractivity contribution in [3.8, 4) is 0 Å². The quantitative estimate of drug-likeness (QED) is 0.803. The first kappa shape index (κ1) is 11.2. The van der Waals surface area contributed by atoms with Crippen LogP contribution in [0.1, 0.15) is 53.8 Å². The topological polar surface area (TPSA) is 57.8 Å². The number of H-pyrrole nitrogens is 1. The third kappa shape index (κ3) is 2.26. The van der Waals surface area contributed by atoms with Gasteiger partial charge in [0.05, 0.1) is 11.3 Å². The molecule has 4 heteroatoms. The number of hydrogen-bond donors (Lipinski definition) is 2. The third-order valence-corrected chi connectivity index (χ3v) is 3.30. The van der Waals surface area contributed by atoms with Crippen molar-refractivity contribution < 1.29 is 4.79 Å². The van der Waals surface area contributed by atoms with Crippen molar-refractivity contribution in [2.75, 3.05) is 0 Å². The lowest BCUT2D eigenvalue weighted by Gasteiger charge is -2.22. The largest absolute Gasteiger partial charge is 0.349 e. The van der Waals surface area contributed by atoms with Gasteiger partial charge in [0.1, 0.15) is 0 Å². The molecule has 16 heavy (non-hydrogen) atoms. The Kier molecular flexibility index (Phi) is 3.27. The Hall–Kier alpha value is -1.32. The van der Waals surface area contributed by atoms with Gasteiger partial charge in [-0.25, -0.2) is 0 Å². The lowest BCUT2D eigenvalue weighted by Crippen LogP contribution is -2.36. The van der Waals surface area contributed by atoms with Gasteiger partial charge in [-0.2, -0.15) is 5.10 Å². The number of rotatable bonds is 2. The summed E-state index contributed by atoms with van der Waals surface area (Å²) in [5.41, 5.74) is 2.35. The van der Waals surface area contributed by atoms with Gasteiger partial charge in [0.15, 0.2) is 0 Å². The minimum Gasteiger partial charge on any atom is -0.349 e. The van der Waals surface area contributed by atoms with Crippen molar-refractivity contribution in [2.45, 2.75) is 52.0 Å². The zero-order valence-corrected chi connectivity index (χ0v) is 9.97. The molecular formula is C12H19N3O. The minimum absolute atomic E-state index is 0.0238. The molecule has 1 aliphatic rings. The first-order chi connectivity index (χ1) is 7.68. The molecule has 1 aromatic rings. The van der Waals surface area contributed by atoms with Crippen molar-refractivity contribution in [1.29, 1.82) is 0 Å². The monoisotopic (exact) mass is 221 g/mol. The van der Waals surface area contributed by atoms with Gasteiger partial charge in [-0.3, -0.25) is 9.89 Å². The van der Waals surface area contributed by atoms with Crippen LogP contribution in [0.4, 0.5) is 0 Å². The van der Waals surface area contributed by atoms with E-state index in [0.717, 1.165) is 24.2 Å². The summed E-state index contributed by atoms with van der Waals surface area (Å²) in [6.45, 7) is 3.75. The molecule has 0 atom stereocenters. The zero-order valence-electron chi connectivity index (χ0n) is 9.97. The van der Waals surface area contributed by atoms with Crippen molar-refractivity contribution in [3.63, 3.8) is 0 Å². The highest BCUT2D eigenvalue weighted by atomic mass is 16.1. The van der Waals surface area contributed by atoms with Crippen molar-refractivity contribution in [1.82, 2.24) is 15.5 Å². The van der Waals surface area contributed by atoms with Crippen LogP contribution in [0.3, 0.4) is 0 Å². The van der Waals surface area contributed by atoms with Crippen molar-refractivity contribution in [2.24, 2.45) is 0 Å². The maximum Gasteiger partial charge on any atom is 0.255 e. The van der Waals surface area contributed by atoms with Gasteiger partial charge >= 0.3 is 0 Å². The molecular weight excluding hydrogens is 202 g/mol. The third-order valence-electron chi connectivity index (χ3n) is 3.30. The van der Waals surface area contributed by atoms with Crippen LogP contribution in [0.5, 0.6) is 0 Å². The van der Waals surface area contributed by atoms with E-state index in [1.165, 1.54) is 19.3 Å². The Bertz CT molecular complexity index is 358. The van der Waals surface area contributed by atoms with E-state index in [4.69, 9.17) is 0 Å². The standard InChI is InChI=1S/C12H19N3O/c1-8-11(9(2)15-14-8)12(16)13-10-6-4-3-5-7-10/h10H,3-7H2,1-2H3,(H,13,16)(H,14,15). The summed E-state index contributed by atoms with van der Waals surface area (Å²) >= 11 is 0. The molecule has 1 aliphatic carbocycles. The first-order valence-electron chi connectivity index (χ1n) is 6.01. The van der Waals surface area contributed by atoms with E-state index in [0.29, 0.717) is 11.6 Å². The van der Waals surface area contributed by atoms with Gasteiger partial charge in [-0.15, -0.1) is 0 Å². The number of aryl methyl sites for hydroxylation is 2. The fraction of sp³-hybridized carbons (Fsp3) is 0.667. The Morgan fingerprint density at radius 3 is 2.56 bits per heavy atom. The zero-order chi connectivity index (χ0) is 11.5. The van der Waals surface area contributed by atoms with Gasteiger partial charge in [0.2, 0.25) is 0 Å². The summed E-state index contributed by atoms with van der Waals surface area (Å²) in [5, 5.41) is 9.99. The number of aromatic nitrogens is 2. The van der Waals surface area contributed by atoms with E-state index >= 15 is 0 Å². The molecule has 0 spiro atoms. The highest BCUT2D eigenvalue weighted by Crippen LogP contribution is 2.18. The number of nitrogens with zero attached hydrogens (tertiary/aromatic N) is 1. The Balaban J connectivity index is 2.02. The average Bonchev–Trinajstić information content (AvgIpc) is 2.60. The summed E-state index contributed by atoms with van der Waals surface area (Å²) in [6.07, 6.45) is 5.99. The summed E-state index contributed by atoms with van der Waals surface area (Å²) in [6, 6.07) is 0.356. The van der Waals surface area contributed by atoms with E-state index in [1.807, 2.05) is 13.8 Å². The second-order valence-corrected chi connectivity index (χ2v) is 4.62. The molecule has 4 nitrogen and oxygen atoms in total. The van der Waals surface area contributed by atoms with E-state index in [9.17, 15) is 4.79 Å². The van der Waals surface area contributed by atoms with E-state index < -0.39 is 0 Å². The Morgan fingerprint density at radius 1 is 1.31 bits per heavy atom. The molecule has 1 fully saturated rings. The van der Waals surface area contributed by atoms with Crippen LogP contribution in [-0.2, 0) is 0 Å². The summed E-state index contributed by atoms with van der Waals surface area (Å²) < 4.78 is 0. The molecule has 1 saturated carbocycles. The number of amides is 1. The SMILES string of the molecule is Cc1n[nH]c(C)c1C(=O)NC1CCCCC1. The van der Waals surface area contributed by atoms with Gasteiger partial charge in [-0.05, 0) is 26.7 Å². The smallest absolute Gasteiger partial charge is 0.255 e. The second kappa shape index (κ2) is 4.68. The predicted octanol–water partition coefficient (Wildman–Crippen LogP) is 2.09. The van der Waals surface area contributed by atoms with Crippen LogP contribution in [0, 0.1) is 13.8 Å². The first-order valence-corrected chi connectivity index (χ1v) is 6.01. The maximum atomic E-state index is 12.0. The summed E-state index contributed by atoms with van der Waals surface area (Å²) in [5.74, 6) is 0.0238. The van der Waals surface area contributed by atoms with Gasteiger partial charge in [-0.1, -0.05) is 19.3 Å². The molecule has 0 bridgehead atoms. The lowest BCUT2D eigenvalue weighted by molar-refractivity contribution is 0.0926. The van der Waals surface area contributed by atoms with Crippen molar-refractivity contribution in [3.05, 3.63) is 17.0 Å². The van der Waals surface area contributed by atoms with E-state index in [-0.39, 0.29) is 5.91 Å². The van der Waals surface area contributed by atoms with Crippen LogP contribution in [0.2, 0.25) is 0 Å². The number of nitrogens with one attached hydrogen (secondary N) is 2. The number of aromatic amines is 1. The highest BCUT2D eigenvalue weighted by Gasteiger charge is 2.20. The molecule has 0 unspecified atom stereocenters. The minimum atomic E-state index is 0.0238. The molecule has 2 N–H and O–H groups in total. The van der Waals surface area contributed by atoms with Crippen LogP contribution >= 0.6 is 0 Å². The number of hydrogen-bond acceptors (Lipinski definition) is 2. The molecule has 0 saturated heterocycles. The van der Waals surface area contributed by atoms with E-state index in [1.54, 1.807) is 0 Å². The van der Waals surface area contributed by atoms with Crippen LogP contribution in [0.25, 0.3) is 0 Å². The van der Waals surface area contributed by atoms with Crippen LogP contribution in [0.15, 0.2) is 0 Å². The number of carbonyl (C=O) groups is 1.